The molecule has 3 atom stereocenters. The maximum atomic E-state index is 15.7. The second kappa shape index (κ2) is 8.93. The predicted molar refractivity (Wildman–Crippen MR) is 119 cm³/mol. The van der Waals surface area contributed by atoms with Crippen LogP contribution in [0.25, 0.3) is 11.1 Å². The highest BCUT2D eigenvalue weighted by atomic mass is 19.1. The Bertz CT molecular complexity index is 1150. The third kappa shape index (κ3) is 4.30. The molecular formula is C26H26F4N2O3. The summed E-state index contributed by atoms with van der Waals surface area (Å²) in [4.78, 5) is 27.3. The highest BCUT2D eigenvalue weighted by molar-refractivity contribution is 5.83. The van der Waals surface area contributed by atoms with Crippen molar-refractivity contribution in [3.63, 3.8) is 0 Å². The van der Waals surface area contributed by atoms with Crippen LogP contribution in [0.1, 0.15) is 31.7 Å². The summed E-state index contributed by atoms with van der Waals surface area (Å²) >= 11 is 0. The summed E-state index contributed by atoms with van der Waals surface area (Å²) in [5, 5.41) is 2.99. The fraction of sp³-hybridized carbons (Fsp3) is 0.462. The first-order chi connectivity index (χ1) is 16.7. The van der Waals surface area contributed by atoms with E-state index in [1.807, 2.05) is 6.92 Å². The van der Waals surface area contributed by atoms with Crippen molar-refractivity contribution in [3.05, 3.63) is 59.4 Å². The van der Waals surface area contributed by atoms with Crippen molar-refractivity contribution < 1.29 is 31.9 Å². The molecule has 1 spiro atoms. The fourth-order valence-corrected chi connectivity index (χ4v) is 5.80. The second-order valence-electron chi connectivity index (χ2n) is 9.92. The van der Waals surface area contributed by atoms with E-state index in [2.05, 4.69) is 5.32 Å². The Hall–Kier alpha value is -2.94. The van der Waals surface area contributed by atoms with E-state index in [9.17, 15) is 22.8 Å². The van der Waals surface area contributed by atoms with Gasteiger partial charge in [-0.2, -0.15) is 0 Å². The van der Waals surface area contributed by atoms with E-state index in [4.69, 9.17) is 4.74 Å². The molecule has 3 aliphatic rings. The summed E-state index contributed by atoms with van der Waals surface area (Å²) in [5.74, 6) is -3.28. The highest BCUT2D eigenvalue weighted by Crippen LogP contribution is 2.42. The van der Waals surface area contributed by atoms with Crippen molar-refractivity contribution in [2.45, 2.75) is 56.4 Å². The topological polar surface area (TPSA) is 58.6 Å². The first-order valence-electron chi connectivity index (χ1n) is 11.8. The van der Waals surface area contributed by atoms with Crippen molar-refractivity contribution in [1.29, 1.82) is 0 Å². The average Bonchev–Trinajstić information content (AvgIpc) is 3.01. The van der Waals surface area contributed by atoms with Crippen molar-refractivity contribution in [2.24, 2.45) is 5.92 Å². The standard InChI is InChI=1S/C26H26F4N2O3/c1-14-11-26(13-35-12-23(33)31-26)22(32(14)25(34)17-7-18(27)8-17)9-15-3-2-4-21(24(15)30)16-5-19(28)10-20(29)6-16/h2-6,10,14,17-18,22H,7-9,11-13H2,1H3,(H,31,33). The van der Waals surface area contributed by atoms with Gasteiger partial charge in [0.05, 0.1) is 18.2 Å². The average molecular weight is 490 g/mol. The molecule has 5 rings (SSSR count). The lowest BCUT2D eigenvalue weighted by atomic mass is 9.81. The van der Waals surface area contributed by atoms with Crippen molar-refractivity contribution in [2.75, 3.05) is 13.2 Å². The zero-order valence-electron chi connectivity index (χ0n) is 19.2. The van der Waals surface area contributed by atoms with Gasteiger partial charge in [-0.1, -0.05) is 18.2 Å². The summed E-state index contributed by atoms with van der Waals surface area (Å²) in [6.45, 7) is 1.91. The van der Waals surface area contributed by atoms with Crippen LogP contribution < -0.4 is 5.32 Å². The Morgan fingerprint density at radius 2 is 1.89 bits per heavy atom. The zero-order valence-corrected chi connectivity index (χ0v) is 19.2. The number of amides is 2. The Labute approximate surface area is 200 Å². The van der Waals surface area contributed by atoms with Gasteiger partial charge in [-0.05, 0) is 55.9 Å². The first kappa shape index (κ1) is 23.8. The molecule has 3 unspecified atom stereocenters. The Balaban J connectivity index is 1.52. The second-order valence-corrected chi connectivity index (χ2v) is 9.92. The van der Waals surface area contributed by atoms with E-state index in [0.29, 0.717) is 12.5 Å². The molecule has 5 nitrogen and oxygen atoms in total. The van der Waals surface area contributed by atoms with E-state index < -0.39 is 41.1 Å². The normalized spacial score (nSPS) is 30.3. The number of halogens is 4. The van der Waals surface area contributed by atoms with Gasteiger partial charge in [-0.15, -0.1) is 0 Å². The molecule has 1 aliphatic carbocycles. The van der Waals surface area contributed by atoms with Crippen LogP contribution in [0, 0.1) is 23.4 Å². The maximum Gasteiger partial charge on any atom is 0.246 e. The molecule has 0 aromatic heterocycles. The lowest BCUT2D eigenvalue weighted by molar-refractivity contribution is -0.146. The van der Waals surface area contributed by atoms with E-state index in [0.717, 1.165) is 12.1 Å². The molecule has 2 saturated heterocycles. The first-order valence-corrected chi connectivity index (χ1v) is 11.8. The minimum atomic E-state index is -1.01. The number of nitrogens with zero attached hydrogens (tertiary/aromatic N) is 1. The quantitative estimate of drug-likeness (QED) is 0.661. The zero-order chi connectivity index (χ0) is 24.9. The maximum absolute atomic E-state index is 15.7. The van der Waals surface area contributed by atoms with Crippen molar-refractivity contribution in [3.8, 4) is 11.1 Å². The van der Waals surface area contributed by atoms with Crippen LogP contribution in [0.4, 0.5) is 17.6 Å². The Kier molecular flexibility index (Phi) is 6.07. The van der Waals surface area contributed by atoms with Crippen molar-refractivity contribution in [1.82, 2.24) is 10.2 Å². The van der Waals surface area contributed by atoms with Gasteiger partial charge in [0.25, 0.3) is 0 Å². The third-order valence-electron chi connectivity index (χ3n) is 7.44. The molecule has 3 fully saturated rings. The van der Waals surface area contributed by atoms with E-state index in [1.165, 1.54) is 6.07 Å². The van der Waals surface area contributed by atoms with Gasteiger partial charge >= 0.3 is 0 Å². The number of morpholine rings is 1. The van der Waals surface area contributed by atoms with Crippen LogP contribution in [0.2, 0.25) is 0 Å². The van der Waals surface area contributed by atoms with Gasteiger partial charge in [0.15, 0.2) is 0 Å². The molecule has 9 heteroatoms. The number of ether oxygens (including phenoxy) is 1. The molecule has 1 N–H and O–H groups in total. The van der Waals surface area contributed by atoms with Crippen LogP contribution in [0.15, 0.2) is 36.4 Å². The van der Waals surface area contributed by atoms with E-state index in [1.54, 1.807) is 17.0 Å². The molecule has 2 aliphatic heterocycles. The van der Waals surface area contributed by atoms with Crippen molar-refractivity contribution >= 4 is 11.8 Å². The van der Waals surface area contributed by atoms with Crippen LogP contribution in [0.3, 0.4) is 0 Å². The Morgan fingerprint density at radius 3 is 2.54 bits per heavy atom. The molecule has 0 radical (unpaired) electrons. The minimum Gasteiger partial charge on any atom is -0.369 e. The molecule has 2 aromatic carbocycles. The number of hydrogen-bond donors (Lipinski definition) is 1. The van der Waals surface area contributed by atoms with E-state index >= 15 is 4.39 Å². The lowest BCUT2D eigenvalue weighted by Gasteiger charge is -2.43. The number of likely N-dealkylation sites (tertiary alicyclic amines) is 1. The van der Waals surface area contributed by atoms with Crippen LogP contribution in [-0.4, -0.2) is 53.7 Å². The number of hydrogen-bond acceptors (Lipinski definition) is 3. The third-order valence-corrected chi connectivity index (χ3v) is 7.44. The molecule has 35 heavy (non-hydrogen) atoms. The molecule has 2 heterocycles. The number of carbonyl (C=O) groups is 2. The van der Waals surface area contributed by atoms with Gasteiger partial charge in [-0.3, -0.25) is 9.59 Å². The molecule has 186 valence electrons. The predicted octanol–water partition coefficient (Wildman–Crippen LogP) is 3.94. The largest absolute Gasteiger partial charge is 0.369 e. The van der Waals surface area contributed by atoms with E-state index in [-0.39, 0.29) is 67.0 Å². The van der Waals surface area contributed by atoms with Crippen LogP contribution in [-0.2, 0) is 20.7 Å². The monoisotopic (exact) mass is 490 g/mol. The molecule has 2 amide bonds. The molecular weight excluding hydrogens is 464 g/mol. The summed E-state index contributed by atoms with van der Waals surface area (Å²) in [6, 6.07) is 6.48. The number of carbonyl (C=O) groups excluding carboxylic acids is 2. The summed E-state index contributed by atoms with van der Waals surface area (Å²) in [7, 11) is 0. The van der Waals surface area contributed by atoms with Gasteiger partial charge in [0.1, 0.15) is 30.2 Å². The SMILES string of the molecule is CC1CC2(COCC(=O)N2)C(Cc2cccc(-c3cc(F)cc(F)c3)c2F)N1C(=O)C1CC(F)C1. The fourth-order valence-electron chi connectivity index (χ4n) is 5.80. The molecule has 0 bridgehead atoms. The van der Waals surface area contributed by atoms with Crippen LogP contribution in [0.5, 0.6) is 0 Å². The van der Waals surface area contributed by atoms with Gasteiger partial charge < -0.3 is 15.0 Å². The number of rotatable bonds is 4. The Morgan fingerprint density at radius 1 is 1.17 bits per heavy atom. The summed E-state index contributed by atoms with van der Waals surface area (Å²) in [5.41, 5.74) is -0.596. The lowest BCUT2D eigenvalue weighted by Crippen LogP contribution is -2.64. The van der Waals surface area contributed by atoms with Crippen LogP contribution >= 0.6 is 0 Å². The number of nitrogens with one attached hydrogen (secondary N) is 1. The summed E-state index contributed by atoms with van der Waals surface area (Å²) in [6.07, 6.45) is -0.243. The number of alkyl halides is 1. The minimum absolute atomic E-state index is 0.0297. The molecule has 2 aromatic rings. The van der Waals surface area contributed by atoms with Gasteiger partial charge in [0, 0.05) is 23.6 Å². The van der Waals surface area contributed by atoms with Gasteiger partial charge in [-0.25, -0.2) is 17.6 Å². The highest BCUT2D eigenvalue weighted by Gasteiger charge is 2.56. The smallest absolute Gasteiger partial charge is 0.246 e. The summed E-state index contributed by atoms with van der Waals surface area (Å²) < 4.78 is 62.3. The number of benzene rings is 2. The van der Waals surface area contributed by atoms with Gasteiger partial charge in [0.2, 0.25) is 11.8 Å². The molecule has 1 saturated carbocycles.